The minimum Gasteiger partial charge on any atom is -0.392 e. The summed E-state index contributed by atoms with van der Waals surface area (Å²) < 4.78 is 26.3. The number of aliphatic hydroxyl groups excluding tert-OH is 1. The zero-order valence-electron chi connectivity index (χ0n) is 9.76. The van der Waals surface area contributed by atoms with Crippen LogP contribution in [-0.2, 0) is 22.4 Å². The Morgan fingerprint density at radius 2 is 2.06 bits per heavy atom. The van der Waals surface area contributed by atoms with Gasteiger partial charge < -0.3 is 5.11 Å². The molecular formula is C12H17NO3S. The van der Waals surface area contributed by atoms with Gasteiger partial charge in [-0.25, -0.2) is 13.1 Å². The van der Waals surface area contributed by atoms with Crippen molar-refractivity contribution >= 4 is 10.0 Å². The molecule has 0 saturated heterocycles. The molecule has 1 aliphatic carbocycles. The van der Waals surface area contributed by atoms with E-state index in [2.05, 4.69) is 4.72 Å². The number of sulfonamides is 1. The standard InChI is InChI=1S/C12H17NO3S/c1-9-5-12(9)13-17(15,16)8-11-4-2-3-10(6-11)7-14/h2-4,6,9,12-14H,5,7-8H2,1H3. The normalized spacial score (nSPS) is 23.6. The smallest absolute Gasteiger partial charge is 0.216 e. The van der Waals surface area contributed by atoms with Crippen LogP contribution in [0.5, 0.6) is 0 Å². The summed E-state index contributed by atoms with van der Waals surface area (Å²) in [6.45, 7) is 1.96. The zero-order valence-corrected chi connectivity index (χ0v) is 10.6. The molecule has 0 bridgehead atoms. The molecule has 2 rings (SSSR count). The van der Waals surface area contributed by atoms with E-state index in [1.54, 1.807) is 24.3 Å². The van der Waals surface area contributed by atoms with Gasteiger partial charge in [-0.15, -0.1) is 0 Å². The van der Waals surface area contributed by atoms with Crippen LogP contribution in [0.1, 0.15) is 24.5 Å². The largest absolute Gasteiger partial charge is 0.392 e. The van der Waals surface area contributed by atoms with Crippen LogP contribution in [-0.4, -0.2) is 19.6 Å². The second-order valence-corrected chi connectivity index (χ2v) is 6.43. The Labute approximate surface area is 102 Å². The van der Waals surface area contributed by atoms with Gasteiger partial charge >= 0.3 is 0 Å². The third-order valence-corrected chi connectivity index (χ3v) is 4.35. The molecule has 1 aromatic carbocycles. The number of aliphatic hydroxyl groups is 1. The summed E-state index contributed by atoms with van der Waals surface area (Å²) >= 11 is 0. The van der Waals surface area contributed by atoms with Gasteiger partial charge in [-0.1, -0.05) is 31.2 Å². The van der Waals surface area contributed by atoms with Crippen molar-refractivity contribution in [1.29, 1.82) is 0 Å². The fourth-order valence-corrected chi connectivity index (χ4v) is 3.29. The number of nitrogens with one attached hydrogen (secondary N) is 1. The van der Waals surface area contributed by atoms with Crippen LogP contribution in [0.3, 0.4) is 0 Å². The number of hydrogen-bond acceptors (Lipinski definition) is 3. The summed E-state index contributed by atoms with van der Waals surface area (Å²) in [5.74, 6) is 0.429. The molecule has 1 fully saturated rings. The summed E-state index contributed by atoms with van der Waals surface area (Å²) in [6, 6.07) is 7.12. The molecule has 2 N–H and O–H groups in total. The molecule has 1 aromatic rings. The van der Waals surface area contributed by atoms with Crippen molar-refractivity contribution in [1.82, 2.24) is 4.72 Å². The van der Waals surface area contributed by atoms with E-state index in [9.17, 15) is 8.42 Å². The molecule has 0 spiro atoms. The molecule has 1 aliphatic rings. The van der Waals surface area contributed by atoms with Gasteiger partial charge in [-0.05, 0) is 23.5 Å². The van der Waals surface area contributed by atoms with Crippen LogP contribution in [0, 0.1) is 5.92 Å². The van der Waals surface area contributed by atoms with E-state index in [0.29, 0.717) is 11.5 Å². The lowest BCUT2D eigenvalue weighted by Gasteiger charge is -2.06. The average molecular weight is 255 g/mol. The Hall–Kier alpha value is -0.910. The van der Waals surface area contributed by atoms with Crippen molar-refractivity contribution in [3.8, 4) is 0 Å². The lowest BCUT2D eigenvalue weighted by atomic mass is 10.1. The maximum absolute atomic E-state index is 11.8. The predicted molar refractivity (Wildman–Crippen MR) is 65.7 cm³/mol. The Morgan fingerprint density at radius 1 is 1.41 bits per heavy atom. The average Bonchev–Trinajstić information content (AvgIpc) is 2.92. The van der Waals surface area contributed by atoms with Gasteiger partial charge in [0.25, 0.3) is 0 Å². The second kappa shape index (κ2) is 4.76. The minimum absolute atomic E-state index is 0.0238. The minimum atomic E-state index is -3.26. The van der Waals surface area contributed by atoms with Crippen molar-refractivity contribution < 1.29 is 13.5 Å². The lowest BCUT2D eigenvalue weighted by molar-refractivity contribution is 0.282. The van der Waals surface area contributed by atoms with Crippen molar-refractivity contribution in [2.24, 2.45) is 5.92 Å². The highest BCUT2D eigenvalue weighted by atomic mass is 32.2. The highest BCUT2D eigenvalue weighted by Gasteiger charge is 2.35. The third-order valence-electron chi connectivity index (χ3n) is 2.97. The first-order valence-corrected chi connectivity index (χ1v) is 7.34. The van der Waals surface area contributed by atoms with E-state index < -0.39 is 10.0 Å². The van der Waals surface area contributed by atoms with Crippen LogP contribution in [0.15, 0.2) is 24.3 Å². The van der Waals surface area contributed by atoms with Gasteiger partial charge in [0.1, 0.15) is 0 Å². The van der Waals surface area contributed by atoms with Gasteiger partial charge in [0.05, 0.1) is 12.4 Å². The van der Waals surface area contributed by atoms with Crippen LogP contribution in [0.25, 0.3) is 0 Å². The molecule has 0 aromatic heterocycles. The molecule has 2 atom stereocenters. The fraction of sp³-hybridized carbons (Fsp3) is 0.500. The van der Waals surface area contributed by atoms with Gasteiger partial charge in [-0.2, -0.15) is 0 Å². The topological polar surface area (TPSA) is 66.4 Å². The first kappa shape index (κ1) is 12.5. The van der Waals surface area contributed by atoms with Crippen LogP contribution in [0.4, 0.5) is 0 Å². The molecule has 5 heteroatoms. The Balaban J connectivity index is 2.03. The highest BCUT2D eigenvalue weighted by Crippen LogP contribution is 2.30. The molecule has 0 aliphatic heterocycles. The zero-order chi connectivity index (χ0) is 12.5. The highest BCUT2D eigenvalue weighted by molar-refractivity contribution is 7.88. The molecular weight excluding hydrogens is 238 g/mol. The molecule has 0 amide bonds. The summed E-state index contributed by atoms with van der Waals surface area (Å²) in [7, 11) is -3.26. The SMILES string of the molecule is CC1CC1NS(=O)(=O)Cc1cccc(CO)c1. The van der Waals surface area contributed by atoms with Gasteiger partial charge in [0, 0.05) is 6.04 Å². The Kier molecular flexibility index (Phi) is 3.51. The van der Waals surface area contributed by atoms with Gasteiger partial charge in [0.2, 0.25) is 10.0 Å². The Bertz CT molecular complexity index is 498. The van der Waals surface area contributed by atoms with Crippen LogP contribution < -0.4 is 4.72 Å². The number of benzene rings is 1. The van der Waals surface area contributed by atoms with E-state index in [-0.39, 0.29) is 18.4 Å². The number of rotatable bonds is 5. The third kappa shape index (κ3) is 3.52. The number of hydrogen-bond donors (Lipinski definition) is 2. The van der Waals surface area contributed by atoms with Gasteiger partial charge in [0.15, 0.2) is 0 Å². The Morgan fingerprint density at radius 3 is 2.65 bits per heavy atom. The molecule has 0 radical (unpaired) electrons. The molecule has 0 heterocycles. The molecule has 17 heavy (non-hydrogen) atoms. The quantitative estimate of drug-likeness (QED) is 0.825. The van der Waals surface area contributed by atoms with E-state index in [1.165, 1.54) is 0 Å². The summed E-state index contributed by atoms with van der Waals surface area (Å²) in [6.07, 6.45) is 0.926. The molecule has 1 saturated carbocycles. The second-order valence-electron chi connectivity index (χ2n) is 4.67. The first-order valence-electron chi connectivity index (χ1n) is 5.69. The molecule has 2 unspecified atom stereocenters. The first-order chi connectivity index (χ1) is 8.00. The van der Waals surface area contributed by atoms with Crippen LogP contribution in [0.2, 0.25) is 0 Å². The van der Waals surface area contributed by atoms with E-state index >= 15 is 0 Å². The molecule has 94 valence electrons. The maximum Gasteiger partial charge on any atom is 0.216 e. The van der Waals surface area contributed by atoms with E-state index in [4.69, 9.17) is 5.11 Å². The van der Waals surface area contributed by atoms with E-state index in [1.807, 2.05) is 6.92 Å². The van der Waals surface area contributed by atoms with E-state index in [0.717, 1.165) is 12.0 Å². The summed E-state index contributed by atoms with van der Waals surface area (Å²) in [4.78, 5) is 0. The summed E-state index contributed by atoms with van der Waals surface area (Å²) in [5.41, 5.74) is 1.44. The molecule has 4 nitrogen and oxygen atoms in total. The monoisotopic (exact) mass is 255 g/mol. The van der Waals surface area contributed by atoms with Crippen molar-refractivity contribution in [3.05, 3.63) is 35.4 Å². The lowest BCUT2D eigenvalue weighted by Crippen LogP contribution is -2.28. The maximum atomic E-state index is 11.8. The van der Waals surface area contributed by atoms with Crippen LogP contribution >= 0.6 is 0 Å². The van der Waals surface area contributed by atoms with Crippen molar-refractivity contribution in [3.63, 3.8) is 0 Å². The predicted octanol–water partition coefficient (Wildman–Crippen LogP) is 1.01. The summed E-state index contributed by atoms with van der Waals surface area (Å²) in [5, 5.41) is 8.99. The van der Waals surface area contributed by atoms with Gasteiger partial charge in [-0.3, -0.25) is 0 Å². The fourth-order valence-electron chi connectivity index (χ4n) is 1.80. The van der Waals surface area contributed by atoms with Crippen molar-refractivity contribution in [2.45, 2.75) is 31.7 Å². The van der Waals surface area contributed by atoms with Crippen molar-refractivity contribution in [2.75, 3.05) is 0 Å².